The zero-order chi connectivity index (χ0) is 16.3. The zero-order valence-electron chi connectivity index (χ0n) is 13.1. The number of benzene rings is 1. The van der Waals surface area contributed by atoms with Gasteiger partial charge in [-0.15, -0.1) is 11.8 Å². The van der Waals surface area contributed by atoms with Crippen LogP contribution in [0.4, 0.5) is 0 Å². The Morgan fingerprint density at radius 3 is 2.50 bits per heavy atom. The summed E-state index contributed by atoms with van der Waals surface area (Å²) in [5.74, 6) is 0.560. The van der Waals surface area contributed by atoms with Gasteiger partial charge in [-0.3, -0.25) is 4.79 Å². The van der Waals surface area contributed by atoms with Crippen LogP contribution < -0.4 is 4.72 Å². The first-order valence-electron chi connectivity index (χ1n) is 7.30. The largest absolute Gasteiger partial charge is 0.339 e. The van der Waals surface area contributed by atoms with E-state index >= 15 is 0 Å². The molecule has 1 fully saturated rings. The summed E-state index contributed by atoms with van der Waals surface area (Å²) in [5.41, 5.74) is 0.471. The van der Waals surface area contributed by atoms with Gasteiger partial charge >= 0.3 is 0 Å². The summed E-state index contributed by atoms with van der Waals surface area (Å²) in [5, 5.41) is 0. The average Bonchev–Trinajstić information content (AvgIpc) is 2.54. The molecule has 1 heterocycles. The lowest BCUT2D eigenvalue weighted by Gasteiger charge is -2.30. The molecule has 1 aliphatic heterocycles. The Bertz CT molecular complexity index is 651. The SMILES string of the molecule is CNS(=O)(=O)c1ccc(SC)c(C(=O)N2CCC(C)CC2)c1. The number of hydrogen-bond acceptors (Lipinski definition) is 4. The second-order valence-electron chi connectivity index (χ2n) is 5.54. The zero-order valence-corrected chi connectivity index (χ0v) is 14.8. The highest BCUT2D eigenvalue weighted by molar-refractivity contribution is 7.98. The van der Waals surface area contributed by atoms with Crippen molar-refractivity contribution in [2.75, 3.05) is 26.4 Å². The van der Waals surface area contributed by atoms with E-state index in [1.807, 2.05) is 11.2 Å². The van der Waals surface area contributed by atoms with Crippen LogP contribution >= 0.6 is 11.8 Å². The van der Waals surface area contributed by atoms with E-state index in [0.29, 0.717) is 11.5 Å². The molecule has 1 aromatic rings. The Hall–Kier alpha value is -1.05. The third-order valence-corrected chi connectivity index (χ3v) is 6.26. The molecule has 122 valence electrons. The highest BCUT2D eigenvalue weighted by Crippen LogP contribution is 2.26. The predicted octanol–water partition coefficient (Wildman–Crippen LogP) is 2.19. The normalized spacial score (nSPS) is 16.8. The summed E-state index contributed by atoms with van der Waals surface area (Å²) in [7, 11) is -2.18. The monoisotopic (exact) mass is 342 g/mol. The van der Waals surface area contributed by atoms with Gasteiger partial charge in [0.15, 0.2) is 0 Å². The number of nitrogens with one attached hydrogen (secondary N) is 1. The van der Waals surface area contributed by atoms with Crippen molar-refractivity contribution in [1.82, 2.24) is 9.62 Å². The summed E-state index contributed by atoms with van der Waals surface area (Å²) >= 11 is 1.45. The maximum absolute atomic E-state index is 12.8. The van der Waals surface area contributed by atoms with Crippen molar-refractivity contribution in [3.8, 4) is 0 Å². The summed E-state index contributed by atoms with van der Waals surface area (Å²) in [6.45, 7) is 3.66. The first-order chi connectivity index (χ1) is 10.4. The lowest BCUT2D eigenvalue weighted by atomic mass is 9.98. The molecule has 2 rings (SSSR count). The van der Waals surface area contributed by atoms with E-state index in [1.54, 1.807) is 6.07 Å². The second kappa shape index (κ2) is 7.02. The molecule has 0 spiro atoms. The minimum absolute atomic E-state index is 0.0793. The third-order valence-electron chi connectivity index (χ3n) is 4.05. The van der Waals surface area contributed by atoms with E-state index in [2.05, 4.69) is 11.6 Å². The predicted molar refractivity (Wildman–Crippen MR) is 88.8 cm³/mol. The topological polar surface area (TPSA) is 66.5 Å². The van der Waals surface area contributed by atoms with Crippen molar-refractivity contribution in [3.63, 3.8) is 0 Å². The minimum Gasteiger partial charge on any atom is -0.339 e. The van der Waals surface area contributed by atoms with Gasteiger partial charge in [0.1, 0.15) is 0 Å². The van der Waals surface area contributed by atoms with Crippen LogP contribution in [0.3, 0.4) is 0 Å². The minimum atomic E-state index is -3.55. The fraction of sp³-hybridized carbons (Fsp3) is 0.533. The van der Waals surface area contributed by atoms with Gasteiger partial charge in [-0.05, 0) is 50.3 Å². The number of sulfonamides is 1. The molecule has 1 amide bonds. The maximum Gasteiger partial charge on any atom is 0.255 e. The molecular formula is C15H22N2O3S2. The van der Waals surface area contributed by atoms with Crippen LogP contribution in [0.2, 0.25) is 0 Å². The highest BCUT2D eigenvalue weighted by atomic mass is 32.2. The summed E-state index contributed by atoms with van der Waals surface area (Å²) in [6, 6.07) is 4.72. The molecule has 0 bridgehead atoms. The van der Waals surface area contributed by atoms with Gasteiger partial charge in [0, 0.05) is 18.0 Å². The van der Waals surface area contributed by atoms with Gasteiger partial charge in [-0.2, -0.15) is 0 Å². The van der Waals surface area contributed by atoms with Crippen molar-refractivity contribution in [2.45, 2.75) is 29.6 Å². The molecule has 5 nitrogen and oxygen atoms in total. The van der Waals surface area contributed by atoms with Crippen molar-refractivity contribution in [2.24, 2.45) is 5.92 Å². The van der Waals surface area contributed by atoms with Crippen LogP contribution in [0.25, 0.3) is 0 Å². The van der Waals surface area contributed by atoms with E-state index in [0.717, 1.165) is 30.8 Å². The summed E-state index contributed by atoms with van der Waals surface area (Å²) < 4.78 is 26.2. The standard InChI is InChI=1S/C15H22N2O3S2/c1-11-6-8-17(9-7-11)15(18)13-10-12(22(19,20)16-2)4-5-14(13)21-3/h4-5,10-11,16H,6-9H2,1-3H3. The van der Waals surface area contributed by atoms with Crippen molar-refractivity contribution >= 4 is 27.7 Å². The molecule has 1 aromatic carbocycles. The number of piperidine rings is 1. The van der Waals surface area contributed by atoms with Gasteiger partial charge in [0.2, 0.25) is 10.0 Å². The third kappa shape index (κ3) is 3.64. The molecule has 0 radical (unpaired) electrons. The Kier molecular flexibility index (Phi) is 5.52. The van der Waals surface area contributed by atoms with Gasteiger partial charge in [-0.1, -0.05) is 6.92 Å². The highest BCUT2D eigenvalue weighted by Gasteiger charge is 2.24. The molecule has 1 aliphatic rings. The van der Waals surface area contributed by atoms with Crippen molar-refractivity contribution in [1.29, 1.82) is 0 Å². The van der Waals surface area contributed by atoms with E-state index in [9.17, 15) is 13.2 Å². The molecular weight excluding hydrogens is 320 g/mol. The molecule has 0 aromatic heterocycles. The number of carbonyl (C=O) groups excluding carboxylic acids is 1. The average molecular weight is 342 g/mol. The number of hydrogen-bond donors (Lipinski definition) is 1. The Balaban J connectivity index is 2.36. The van der Waals surface area contributed by atoms with Crippen molar-refractivity contribution < 1.29 is 13.2 Å². The number of amides is 1. The van der Waals surface area contributed by atoms with Gasteiger partial charge in [0.05, 0.1) is 10.5 Å². The summed E-state index contributed by atoms with van der Waals surface area (Å²) in [4.78, 5) is 15.5. The van der Waals surface area contributed by atoms with Crippen LogP contribution in [-0.2, 0) is 10.0 Å². The smallest absolute Gasteiger partial charge is 0.255 e. The van der Waals surface area contributed by atoms with E-state index in [1.165, 1.54) is 30.9 Å². The van der Waals surface area contributed by atoms with Gasteiger partial charge < -0.3 is 4.90 Å². The molecule has 7 heteroatoms. The Morgan fingerprint density at radius 2 is 1.95 bits per heavy atom. The van der Waals surface area contributed by atoms with Crippen LogP contribution in [0.1, 0.15) is 30.1 Å². The molecule has 0 unspecified atom stereocenters. The molecule has 1 saturated heterocycles. The lowest BCUT2D eigenvalue weighted by molar-refractivity contribution is 0.0693. The number of carbonyl (C=O) groups is 1. The number of rotatable bonds is 4. The van der Waals surface area contributed by atoms with Crippen LogP contribution in [0.15, 0.2) is 28.0 Å². The lowest BCUT2D eigenvalue weighted by Crippen LogP contribution is -2.38. The Labute approximate surface area is 136 Å². The molecule has 0 atom stereocenters. The first-order valence-corrected chi connectivity index (χ1v) is 10.0. The second-order valence-corrected chi connectivity index (χ2v) is 8.28. The summed E-state index contributed by atoms with van der Waals surface area (Å²) in [6.07, 6.45) is 3.88. The fourth-order valence-electron chi connectivity index (χ4n) is 2.52. The van der Waals surface area contributed by atoms with Gasteiger partial charge in [-0.25, -0.2) is 13.1 Å². The quantitative estimate of drug-likeness (QED) is 0.852. The molecule has 0 aliphatic carbocycles. The van der Waals surface area contributed by atoms with E-state index < -0.39 is 10.0 Å². The van der Waals surface area contributed by atoms with Crippen molar-refractivity contribution in [3.05, 3.63) is 23.8 Å². The van der Waals surface area contributed by atoms with Gasteiger partial charge in [0.25, 0.3) is 5.91 Å². The van der Waals surface area contributed by atoms with E-state index in [4.69, 9.17) is 0 Å². The van der Waals surface area contributed by atoms with Crippen LogP contribution in [0, 0.1) is 5.92 Å². The van der Waals surface area contributed by atoms with Crippen LogP contribution in [0.5, 0.6) is 0 Å². The fourth-order valence-corrected chi connectivity index (χ4v) is 3.85. The number of likely N-dealkylation sites (tertiary alicyclic amines) is 1. The van der Waals surface area contributed by atoms with Crippen LogP contribution in [-0.4, -0.2) is 45.6 Å². The number of thioether (sulfide) groups is 1. The maximum atomic E-state index is 12.8. The molecule has 1 N–H and O–H groups in total. The molecule has 0 saturated carbocycles. The Morgan fingerprint density at radius 1 is 1.32 bits per heavy atom. The molecule has 22 heavy (non-hydrogen) atoms. The van der Waals surface area contributed by atoms with E-state index in [-0.39, 0.29) is 10.8 Å². The first kappa shape index (κ1) is 17.3. The number of nitrogens with zero attached hydrogens (tertiary/aromatic N) is 1.